The highest BCUT2D eigenvalue weighted by Gasteiger charge is 2.21. The van der Waals surface area contributed by atoms with Crippen LogP contribution in [-0.4, -0.2) is 0 Å². The summed E-state index contributed by atoms with van der Waals surface area (Å²) < 4.78 is 13.7. The Hall–Kier alpha value is -1.62. The molecule has 0 heterocycles. The molecule has 1 aliphatic carbocycles. The molecule has 0 aliphatic heterocycles. The van der Waals surface area contributed by atoms with Gasteiger partial charge in [0, 0.05) is 0 Å². The van der Waals surface area contributed by atoms with Gasteiger partial charge in [-0.05, 0) is 61.6 Å². The van der Waals surface area contributed by atoms with Crippen LogP contribution in [-0.2, 0) is 0 Å². The minimum absolute atomic E-state index is 0.145. The summed E-state index contributed by atoms with van der Waals surface area (Å²) in [5.41, 5.74) is 1.20. The van der Waals surface area contributed by atoms with E-state index in [9.17, 15) is 4.39 Å². The molecule has 1 aromatic carbocycles. The Kier molecular flexibility index (Phi) is 5.99. The minimum Gasteiger partial charge on any atom is -0.206 e. The lowest BCUT2D eigenvalue weighted by atomic mass is 9.78. The van der Waals surface area contributed by atoms with Crippen LogP contribution in [0, 0.1) is 23.1 Å². The second-order valence-corrected chi connectivity index (χ2v) is 6.03. The van der Waals surface area contributed by atoms with Gasteiger partial charge in [-0.25, -0.2) is 4.39 Å². The smallest absolute Gasteiger partial charge is 0.141 e. The van der Waals surface area contributed by atoms with Crippen LogP contribution in [0.2, 0.25) is 0 Å². The fourth-order valence-corrected chi connectivity index (χ4v) is 3.13. The van der Waals surface area contributed by atoms with Crippen LogP contribution in [0.25, 0.3) is 0 Å². The normalized spacial score (nSPS) is 22.3. The summed E-state index contributed by atoms with van der Waals surface area (Å²) in [7, 11) is 0. The SMILES string of the molecule is CCCC/C=C/C1CCC(c2ccc(C#N)c(F)c2)CC1. The molecule has 0 atom stereocenters. The maximum Gasteiger partial charge on any atom is 0.141 e. The number of rotatable bonds is 5. The molecular formula is C19H24FN. The van der Waals surface area contributed by atoms with Crippen molar-refractivity contribution in [3.8, 4) is 6.07 Å². The van der Waals surface area contributed by atoms with Crippen LogP contribution in [0.5, 0.6) is 0 Å². The Labute approximate surface area is 127 Å². The quantitative estimate of drug-likeness (QED) is 0.501. The Morgan fingerprint density at radius 1 is 1.29 bits per heavy atom. The molecule has 2 heteroatoms. The van der Waals surface area contributed by atoms with Crippen molar-refractivity contribution in [3.05, 3.63) is 47.3 Å². The molecule has 1 aromatic rings. The van der Waals surface area contributed by atoms with Crippen molar-refractivity contribution in [2.24, 2.45) is 5.92 Å². The van der Waals surface area contributed by atoms with Gasteiger partial charge >= 0.3 is 0 Å². The number of nitriles is 1. The van der Waals surface area contributed by atoms with Gasteiger partial charge in [0.2, 0.25) is 0 Å². The van der Waals surface area contributed by atoms with Gasteiger partial charge in [-0.15, -0.1) is 0 Å². The molecule has 0 bridgehead atoms. The molecule has 0 saturated heterocycles. The van der Waals surface area contributed by atoms with Crippen LogP contribution >= 0.6 is 0 Å². The molecule has 1 saturated carbocycles. The first-order chi connectivity index (χ1) is 10.2. The highest BCUT2D eigenvalue weighted by molar-refractivity contribution is 5.35. The zero-order valence-electron chi connectivity index (χ0n) is 12.8. The van der Waals surface area contributed by atoms with Crippen molar-refractivity contribution < 1.29 is 4.39 Å². The maximum absolute atomic E-state index is 13.7. The van der Waals surface area contributed by atoms with Gasteiger partial charge in [-0.1, -0.05) is 38.0 Å². The average Bonchev–Trinajstić information content (AvgIpc) is 2.52. The number of hydrogen-bond donors (Lipinski definition) is 0. The first kappa shape index (κ1) is 15.8. The molecule has 1 nitrogen and oxygen atoms in total. The lowest BCUT2D eigenvalue weighted by Gasteiger charge is -2.27. The van der Waals surface area contributed by atoms with Gasteiger partial charge in [0.1, 0.15) is 11.9 Å². The molecule has 1 fully saturated rings. The molecule has 0 radical (unpaired) electrons. The Morgan fingerprint density at radius 3 is 2.67 bits per heavy atom. The number of hydrogen-bond acceptors (Lipinski definition) is 1. The number of unbranched alkanes of at least 4 members (excludes halogenated alkanes) is 2. The molecule has 1 aliphatic rings. The summed E-state index contributed by atoms with van der Waals surface area (Å²) in [5.74, 6) is 0.769. The molecule has 21 heavy (non-hydrogen) atoms. The summed E-state index contributed by atoms with van der Waals surface area (Å²) in [4.78, 5) is 0. The lowest BCUT2D eigenvalue weighted by molar-refractivity contribution is 0.374. The molecular weight excluding hydrogens is 261 g/mol. The topological polar surface area (TPSA) is 23.8 Å². The Balaban J connectivity index is 1.88. The van der Waals surface area contributed by atoms with E-state index in [4.69, 9.17) is 5.26 Å². The highest BCUT2D eigenvalue weighted by atomic mass is 19.1. The van der Waals surface area contributed by atoms with Gasteiger partial charge in [0.15, 0.2) is 0 Å². The third kappa shape index (κ3) is 4.43. The molecule has 0 spiro atoms. The summed E-state index contributed by atoms with van der Waals surface area (Å²) in [6.07, 6.45) is 13.0. The first-order valence-corrected chi connectivity index (χ1v) is 8.10. The molecule has 0 N–H and O–H groups in total. The Morgan fingerprint density at radius 2 is 2.05 bits per heavy atom. The average molecular weight is 285 g/mol. The van der Waals surface area contributed by atoms with Crippen LogP contribution in [0.1, 0.15) is 68.9 Å². The van der Waals surface area contributed by atoms with E-state index in [1.807, 2.05) is 12.1 Å². The van der Waals surface area contributed by atoms with Crippen molar-refractivity contribution in [2.45, 2.75) is 57.8 Å². The summed E-state index contributed by atoms with van der Waals surface area (Å²) in [5, 5.41) is 8.78. The predicted octanol–water partition coefficient (Wildman–Crippen LogP) is 5.72. The second-order valence-electron chi connectivity index (χ2n) is 6.03. The molecule has 0 amide bonds. The van der Waals surface area contributed by atoms with E-state index >= 15 is 0 Å². The lowest BCUT2D eigenvalue weighted by Crippen LogP contribution is -2.12. The Bertz CT molecular complexity index is 519. The van der Waals surface area contributed by atoms with E-state index in [0.717, 1.165) is 18.4 Å². The van der Waals surface area contributed by atoms with Gasteiger partial charge in [0.05, 0.1) is 5.56 Å². The molecule has 0 aromatic heterocycles. The van der Waals surface area contributed by atoms with Gasteiger partial charge in [-0.2, -0.15) is 5.26 Å². The van der Waals surface area contributed by atoms with E-state index in [0.29, 0.717) is 11.8 Å². The monoisotopic (exact) mass is 285 g/mol. The van der Waals surface area contributed by atoms with Gasteiger partial charge < -0.3 is 0 Å². The fourth-order valence-electron chi connectivity index (χ4n) is 3.13. The van der Waals surface area contributed by atoms with Gasteiger partial charge in [0.25, 0.3) is 0 Å². The van der Waals surface area contributed by atoms with E-state index < -0.39 is 0 Å². The van der Waals surface area contributed by atoms with Crippen LogP contribution < -0.4 is 0 Å². The largest absolute Gasteiger partial charge is 0.206 e. The van der Waals surface area contributed by atoms with E-state index in [-0.39, 0.29) is 11.4 Å². The van der Waals surface area contributed by atoms with Gasteiger partial charge in [-0.3, -0.25) is 0 Å². The number of allylic oxidation sites excluding steroid dienone is 2. The third-order valence-electron chi connectivity index (χ3n) is 4.49. The minimum atomic E-state index is -0.378. The zero-order chi connectivity index (χ0) is 15.1. The van der Waals surface area contributed by atoms with Crippen molar-refractivity contribution in [2.75, 3.05) is 0 Å². The zero-order valence-corrected chi connectivity index (χ0v) is 12.8. The summed E-state index contributed by atoms with van der Waals surface area (Å²) in [6.45, 7) is 2.22. The molecule has 2 rings (SSSR count). The van der Waals surface area contributed by atoms with E-state index in [1.165, 1.54) is 32.1 Å². The number of nitrogens with zero attached hydrogens (tertiary/aromatic N) is 1. The van der Waals surface area contributed by atoms with E-state index in [1.54, 1.807) is 12.1 Å². The van der Waals surface area contributed by atoms with E-state index in [2.05, 4.69) is 19.1 Å². The number of benzene rings is 1. The van der Waals surface area contributed by atoms with Crippen molar-refractivity contribution in [3.63, 3.8) is 0 Å². The summed E-state index contributed by atoms with van der Waals surface area (Å²) >= 11 is 0. The van der Waals surface area contributed by atoms with Crippen LogP contribution in [0.15, 0.2) is 30.4 Å². The van der Waals surface area contributed by atoms with Crippen LogP contribution in [0.3, 0.4) is 0 Å². The molecule has 0 unspecified atom stereocenters. The fraction of sp³-hybridized carbons (Fsp3) is 0.526. The standard InChI is InChI=1S/C19H24FN/c1-2-3-4-5-6-15-7-9-16(10-8-15)17-11-12-18(14-21)19(20)13-17/h5-6,11-13,15-16H,2-4,7-10H2,1H3/b6-5+. The third-order valence-corrected chi connectivity index (χ3v) is 4.49. The summed E-state index contributed by atoms with van der Waals surface area (Å²) in [6, 6.07) is 6.97. The molecule has 112 valence electrons. The number of halogens is 1. The van der Waals surface area contributed by atoms with Crippen molar-refractivity contribution >= 4 is 0 Å². The predicted molar refractivity (Wildman–Crippen MR) is 84.5 cm³/mol. The first-order valence-electron chi connectivity index (χ1n) is 8.10. The highest BCUT2D eigenvalue weighted by Crippen LogP contribution is 2.36. The van der Waals surface area contributed by atoms with Crippen molar-refractivity contribution in [1.29, 1.82) is 5.26 Å². The van der Waals surface area contributed by atoms with Crippen LogP contribution in [0.4, 0.5) is 4.39 Å². The maximum atomic E-state index is 13.7. The van der Waals surface area contributed by atoms with Crippen molar-refractivity contribution in [1.82, 2.24) is 0 Å². The second kappa shape index (κ2) is 7.98.